The van der Waals surface area contributed by atoms with E-state index in [2.05, 4.69) is 15.3 Å². The zero-order valence-electron chi connectivity index (χ0n) is 10.7. The third-order valence-electron chi connectivity index (χ3n) is 2.02. The molecule has 1 rings (SSSR count). The number of carbonyl (C=O) groups excluding carboxylic acids is 1. The second-order valence-corrected chi connectivity index (χ2v) is 4.87. The predicted molar refractivity (Wildman–Crippen MR) is 63.8 cm³/mol. The Kier molecular flexibility index (Phi) is 4.69. The molecule has 4 N–H and O–H groups in total. The average Bonchev–Trinajstić information content (AvgIpc) is 2.75. The molecule has 1 aromatic heterocycles. The molecule has 1 aromatic rings. The van der Waals surface area contributed by atoms with Gasteiger partial charge >= 0.3 is 6.09 Å². The van der Waals surface area contributed by atoms with E-state index < -0.39 is 23.9 Å². The van der Waals surface area contributed by atoms with E-state index in [0.717, 1.165) is 0 Å². The number of ether oxygens (including phenoxy) is 1. The summed E-state index contributed by atoms with van der Waals surface area (Å²) in [6.07, 6.45) is 0.00544. The Bertz CT molecular complexity index is 372. The zero-order chi connectivity index (χ0) is 13.8. The topological polar surface area (TPSA) is 107 Å². The van der Waals surface area contributed by atoms with Crippen molar-refractivity contribution in [3.8, 4) is 0 Å². The fourth-order valence-corrected chi connectivity index (χ4v) is 1.24. The molecule has 0 saturated heterocycles. The Morgan fingerprint density at radius 2 is 2.22 bits per heavy atom. The van der Waals surface area contributed by atoms with Crippen molar-refractivity contribution in [2.75, 3.05) is 6.54 Å². The monoisotopic (exact) mass is 257 g/mol. The maximum Gasteiger partial charge on any atom is 0.407 e. The van der Waals surface area contributed by atoms with Gasteiger partial charge in [0, 0.05) is 18.9 Å². The van der Waals surface area contributed by atoms with Crippen molar-refractivity contribution in [3.63, 3.8) is 0 Å². The van der Waals surface area contributed by atoms with Crippen LogP contribution in [0, 0.1) is 0 Å². The van der Waals surface area contributed by atoms with E-state index >= 15 is 0 Å². The van der Waals surface area contributed by atoms with Crippen LogP contribution in [0.1, 0.15) is 32.7 Å². The lowest BCUT2D eigenvalue weighted by Crippen LogP contribution is -2.39. The standard InChI is InChI=1S/C11H19N3O4/c1-11(2,3)18-10(17)14-6-7(15)8(16)9-12-4-5-13-9/h4-5,7-8,15-16H,6H2,1-3H3,(H,12,13)(H,14,17). The highest BCUT2D eigenvalue weighted by molar-refractivity contribution is 5.67. The lowest BCUT2D eigenvalue weighted by atomic mass is 10.2. The van der Waals surface area contributed by atoms with Crippen LogP contribution in [0.25, 0.3) is 0 Å². The van der Waals surface area contributed by atoms with E-state index in [-0.39, 0.29) is 12.4 Å². The van der Waals surface area contributed by atoms with Crippen LogP contribution in [0.4, 0.5) is 4.79 Å². The number of hydrogen-bond donors (Lipinski definition) is 4. The first-order chi connectivity index (χ1) is 8.29. The van der Waals surface area contributed by atoms with E-state index in [9.17, 15) is 15.0 Å². The van der Waals surface area contributed by atoms with E-state index in [1.807, 2.05) is 0 Å². The molecule has 2 atom stereocenters. The molecule has 7 heteroatoms. The molecule has 0 aliphatic heterocycles. The number of carbonyl (C=O) groups is 1. The second-order valence-electron chi connectivity index (χ2n) is 4.87. The third kappa shape index (κ3) is 4.72. The number of aliphatic hydroxyl groups excluding tert-OH is 2. The van der Waals surface area contributed by atoms with Crippen molar-refractivity contribution in [2.45, 2.75) is 38.6 Å². The Labute approximate surface area is 105 Å². The Hall–Kier alpha value is -1.60. The molecule has 0 fully saturated rings. The third-order valence-corrected chi connectivity index (χ3v) is 2.02. The van der Waals surface area contributed by atoms with Gasteiger partial charge in [0.15, 0.2) is 0 Å². The summed E-state index contributed by atoms with van der Waals surface area (Å²) in [5.74, 6) is 0.244. The number of imidazole rings is 1. The molecule has 0 aromatic carbocycles. The minimum absolute atomic E-state index is 0.128. The van der Waals surface area contributed by atoms with Gasteiger partial charge in [0.05, 0.1) is 0 Å². The molecule has 7 nitrogen and oxygen atoms in total. The van der Waals surface area contributed by atoms with Crippen LogP contribution in [0.5, 0.6) is 0 Å². The van der Waals surface area contributed by atoms with Crippen LogP contribution in [-0.4, -0.2) is 44.5 Å². The molecule has 1 heterocycles. The number of aromatic nitrogens is 2. The average molecular weight is 257 g/mol. The summed E-state index contributed by atoms with van der Waals surface area (Å²) in [5, 5.41) is 21.7. The normalized spacial score (nSPS) is 14.9. The number of aliphatic hydroxyl groups is 2. The summed E-state index contributed by atoms with van der Waals surface area (Å²) in [5.41, 5.74) is -0.603. The highest BCUT2D eigenvalue weighted by Crippen LogP contribution is 2.11. The van der Waals surface area contributed by atoms with Crippen LogP contribution in [0.3, 0.4) is 0 Å². The summed E-state index contributed by atoms with van der Waals surface area (Å²) in [6, 6.07) is 0. The number of hydrogen-bond acceptors (Lipinski definition) is 5. The highest BCUT2D eigenvalue weighted by atomic mass is 16.6. The van der Waals surface area contributed by atoms with Crippen molar-refractivity contribution in [1.29, 1.82) is 0 Å². The number of H-pyrrole nitrogens is 1. The molecule has 0 spiro atoms. The van der Waals surface area contributed by atoms with E-state index in [1.165, 1.54) is 12.4 Å². The van der Waals surface area contributed by atoms with Gasteiger partial charge in [-0.2, -0.15) is 0 Å². The van der Waals surface area contributed by atoms with Crippen LogP contribution in [0.2, 0.25) is 0 Å². The predicted octanol–water partition coefficient (Wildman–Crippen LogP) is 0.329. The zero-order valence-corrected chi connectivity index (χ0v) is 10.7. The van der Waals surface area contributed by atoms with Gasteiger partial charge in [0.25, 0.3) is 0 Å². The highest BCUT2D eigenvalue weighted by Gasteiger charge is 2.22. The first kappa shape index (κ1) is 14.5. The number of rotatable bonds is 4. The van der Waals surface area contributed by atoms with Gasteiger partial charge in [-0.05, 0) is 20.8 Å². The first-order valence-corrected chi connectivity index (χ1v) is 5.62. The molecule has 2 unspecified atom stereocenters. The molecule has 0 radical (unpaired) electrons. The van der Waals surface area contributed by atoms with Gasteiger partial charge in [-0.1, -0.05) is 0 Å². The minimum atomic E-state index is -1.19. The van der Waals surface area contributed by atoms with Crippen LogP contribution >= 0.6 is 0 Å². The van der Waals surface area contributed by atoms with Crippen LogP contribution in [0.15, 0.2) is 12.4 Å². The van der Waals surface area contributed by atoms with Crippen molar-refractivity contribution in [3.05, 3.63) is 18.2 Å². The molecule has 0 aliphatic rings. The van der Waals surface area contributed by atoms with Crippen molar-refractivity contribution >= 4 is 6.09 Å². The summed E-state index contributed by atoms with van der Waals surface area (Å²) < 4.78 is 4.99. The van der Waals surface area contributed by atoms with Gasteiger partial charge in [0.2, 0.25) is 0 Å². The van der Waals surface area contributed by atoms with E-state index in [1.54, 1.807) is 20.8 Å². The fraction of sp³-hybridized carbons (Fsp3) is 0.636. The van der Waals surface area contributed by atoms with Gasteiger partial charge < -0.3 is 25.3 Å². The molecular formula is C11H19N3O4. The van der Waals surface area contributed by atoms with Gasteiger partial charge in [-0.3, -0.25) is 0 Å². The van der Waals surface area contributed by atoms with E-state index in [4.69, 9.17) is 4.74 Å². The summed E-state index contributed by atoms with van der Waals surface area (Å²) in [4.78, 5) is 17.8. The van der Waals surface area contributed by atoms with Crippen molar-refractivity contribution in [2.24, 2.45) is 0 Å². The number of amides is 1. The van der Waals surface area contributed by atoms with E-state index in [0.29, 0.717) is 0 Å². The molecule has 102 valence electrons. The quantitative estimate of drug-likeness (QED) is 0.621. The summed E-state index contributed by atoms with van der Waals surface area (Å²) in [6.45, 7) is 5.08. The SMILES string of the molecule is CC(C)(C)OC(=O)NCC(O)C(O)c1ncc[nH]1. The summed E-state index contributed by atoms with van der Waals surface area (Å²) >= 11 is 0. The lowest BCUT2D eigenvalue weighted by Gasteiger charge is -2.21. The Morgan fingerprint density at radius 1 is 1.56 bits per heavy atom. The summed E-state index contributed by atoms with van der Waals surface area (Å²) in [7, 11) is 0. The second kappa shape index (κ2) is 5.83. The smallest absolute Gasteiger partial charge is 0.407 e. The Balaban J connectivity index is 2.37. The maximum absolute atomic E-state index is 11.3. The molecule has 18 heavy (non-hydrogen) atoms. The van der Waals surface area contributed by atoms with Crippen molar-refractivity contribution in [1.82, 2.24) is 15.3 Å². The lowest BCUT2D eigenvalue weighted by molar-refractivity contribution is 0.00898. The van der Waals surface area contributed by atoms with Gasteiger partial charge in [0.1, 0.15) is 23.6 Å². The van der Waals surface area contributed by atoms with Crippen molar-refractivity contribution < 1.29 is 19.7 Å². The number of nitrogens with one attached hydrogen (secondary N) is 2. The van der Waals surface area contributed by atoms with Gasteiger partial charge in [-0.25, -0.2) is 9.78 Å². The molecular weight excluding hydrogens is 238 g/mol. The number of nitrogens with zero attached hydrogens (tertiary/aromatic N) is 1. The molecule has 1 amide bonds. The van der Waals surface area contributed by atoms with Crippen LogP contribution < -0.4 is 5.32 Å². The fourth-order valence-electron chi connectivity index (χ4n) is 1.24. The number of aromatic amines is 1. The minimum Gasteiger partial charge on any atom is -0.444 e. The largest absolute Gasteiger partial charge is 0.444 e. The number of alkyl carbamates (subject to hydrolysis) is 1. The molecule has 0 aliphatic carbocycles. The Morgan fingerprint density at radius 3 is 2.72 bits per heavy atom. The molecule has 0 bridgehead atoms. The first-order valence-electron chi connectivity index (χ1n) is 5.62. The van der Waals surface area contributed by atoms with Crippen LogP contribution in [-0.2, 0) is 4.74 Å². The molecule has 0 saturated carbocycles. The van der Waals surface area contributed by atoms with Gasteiger partial charge in [-0.15, -0.1) is 0 Å². The maximum atomic E-state index is 11.3.